The summed E-state index contributed by atoms with van der Waals surface area (Å²) < 4.78 is 0. The van der Waals surface area contributed by atoms with Crippen LogP contribution in [0.2, 0.25) is 0 Å². The van der Waals surface area contributed by atoms with Crippen LogP contribution in [0.4, 0.5) is 0 Å². The second-order valence-corrected chi connectivity index (χ2v) is 2.24. The van der Waals surface area contributed by atoms with E-state index in [9.17, 15) is 9.59 Å². The molecule has 0 aliphatic rings. The molecular weight excluding hydrogens is 172 g/mol. The molecule has 1 aromatic rings. The second kappa shape index (κ2) is 4.15. The van der Waals surface area contributed by atoms with E-state index in [1.54, 1.807) is 0 Å². The van der Waals surface area contributed by atoms with Crippen LogP contribution in [0.25, 0.3) is 0 Å². The van der Waals surface area contributed by atoms with Crippen molar-refractivity contribution < 1.29 is 9.59 Å². The Morgan fingerprint density at radius 2 is 2.23 bits per heavy atom. The molecule has 68 valence electrons. The van der Waals surface area contributed by atoms with Crippen LogP contribution in [-0.2, 0) is 16.1 Å². The average molecular weight is 180 g/mol. The van der Waals surface area contributed by atoms with Crippen LogP contribution in [0.1, 0.15) is 5.69 Å². The van der Waals surface area contributed by atoms with Gasteiger partial charge < -0.3 is 11.1 Å². The number of hydrogen-bond acceptors (Lipinski definition) is 4. The maximum absolute atomic E-state index is 10.7. The van der Waals surface area contributed by atoms with Gasteiger partial charge in [-0.15, -0.1) is 0 Å². The Kier molecular flexibility index (Phi) is 2.91. The first kappa shape index (κ1) is 9.11. The molecule has 0 unspecified atom stereocenters. The average Bonchev–Trinajstić information content (AvgIpc) is 2.15. The number of nitrogens with one attached hydrogen (secondary N) is 1. The summed E-state index contributed by atoms with van der Waals surface area (Å²) in [6.07, 6.45) is 4.49. The minimum absolute atomic E-state index is 0.148. The molecular formula is C7H8N4O2. The molecule has 0 saturated carbocycles. The van der Waals surface area contributed by atoms with Gasteiger partial charge in [-0.05, 0) is 0 Å². The van der Waals surface area contributed by atoms with Crippen molar-refractivity contribution in [1.82, 2.24) is 15.3 Å². The Hall–Kier alpha value is -1.98. The first-order valence-electron chi connectivity index (χ1n) is 3.52. The van der Waals surface area contributed by atoms with Crippen LogP contribution in [0.3, 0.4) is 0 Å². The van der Waals surface area contributed by atoms with E-state index in [0.717, 1.165) is 0 Å². The van der Waals surface area contributed by atoms with Gasteiger partial charge in [-0.25, -0.2) is 0 Å². The van der Waals surface area contributed by atoms with E-state index in [1.807, 2.05) is 0 Å². The largest absolute Gasteiger partial charge is 0.361 e. The van der Waals surface area contributed by atoms with Crippen molar-refractivity contribution in [3.05, 3.63) is 24.3 Å². The molecule has 0 fully saturated rings. The number of carbonyl (C=O) groups is 2. The minimum Gasteiger partial charge on any atom is -0.361 e. The van der Waals surface area contributed by atoms with Crippen LogP contribution in [0, 0.1) is 0 Å². The van der Waals surface area contributed by atoms with Crippen LogP contribution >= 0.6 is 0 Å². The summed E-state index contributed by atoms with van der Waals surface area (Å²) >= 11 is 0. The van der Waals surface area contributed by atoms with Gasteiger partial charge in [0.05, 0.1) is 18.4 Å². The number of primary amides is 1. The highest BCUT2D eigenvalue weighted by Gasteiger charge is 2.07. The van der Waals surface area contributed by atoms with Gasteiger partial charge >= 0.3 is 11.8 Å². The molecule has 6 heteroatoms. The first-order valence-corrected chi connectivity index (χ1v) is 3.52. The summed E-state index contributed by atoms with van der Waals surface area (Å²) in [5.41, 5.74) is 5.28. The van der Waals surface area contributed by atoms with Crippen molar-refractivity contribution in [2.24, 2.45) is 5.73 Å². The molecule has 0 radical (unpaired) electrons. The number of carbonyl (C=O) groups excluding carboxylic acids is 2. The molecule has 3 N–H and O–H groups in total. The standard InChI is InChI=1S/C7H8N4O2/c8-6(12)7(13)11-4-5-3-9-1-2-10-5/h1-3H,4H2,(H2,8,12)(H,11,13). The summed E-state index contributed by atoms with van der Waals surface area (Å²) in [4.78, 5) is 28.6. The van der Waals surface area contributed by atoms with Crippen LogP contribution < -0.4 is 11.1 Å². The van der Waals surface area contributed by atoms with Gasteiger partial charge in [-0.3, -0.25) is 19.6 Å². The molecule has 0 saturated heterocycles. The number of amides is 2. The van der Waals surface area contributed by atoms with Crippen molar-refractivity contribution in [2.75, 3.05) is 0 Å². The van der Waals surface area contributed by atoms with Crippen molar-refractivity contribution >= 4 is 11.8 Å². The van der Waals surface area contributed by atoms with E-state index in [1.165, 1.54) is 18.6 Å². The van der Waals surface area contributed by atoms with E-state index in [0.29, 0.717) is 5.69 Å². The zero-order valence-corrected chi connectivity index (χ0v) is 6.73. The quantitative estimate of drug-likeness (QED) is 0.545. The molecule has 0 aliphatic heterocycles. The van der Waals surface area contributed by atoms with Gasteiger partial charge in [0, 0.05) is 12.4 Å². The molecule has 1 aromatic heterocycles. The van der Waals surface area contributed by atoms with Gasteiger partial charge in [-0.2, -0.15) is 0 Å². The third-order valence-corrected chi connectivity index (χ3v) is 1.27. The number of aromatic nitrogens is 2. The molecule has 1 heterocycles. The third-order valence-electron chi connectivity index (χ3n) is 1.27. The Morgan fingerprint density at radius 3 is 2.77 bits per heavy atom. The topological polar surface area (TPSA) is 98.0 Å². The monoisotopic (exact) mass is 180 g/mol. The summed E-state index contributed by atoms with van der Waals surface area (Å²) in [5.74, 6) is -1.84. The summed E-state index contributed by atoms with van der Waals surface area (Å²) in [7, 11) is 0. The summed E-state index contributed by atoms with van der Waals surface area (Å²) in [6.45, 7) is 0.148. The maximum Gasteiger partial charge on any atom is 0.309 e. The fourth-order valence-electron chi connectivity index (χ4n) is 0.679. The summed E-state index contributed by atoms with van der Waals surface area (Å²) in [5, 5.41) is 2.28. The number of rotatable bonds is 2. The Balaban J connectivity index is 2.44. The SMILES string of the molecule is NC(=O)C(=O)NCc1cnccn1. The predicted molar refractivity (Wildman–Crippen MR) is 43.1 cm³/mol. The zero-order chi connectivity index (χ0) is 9.68. The van der Waals surface area contributed by atoms with Crippen molar-refractivity contribution in [3.63, 3.8) is 0 Å². The van der Waals surface area contributed by atoms with E-state index in [-0.39, 0.29) is 6.54 Å². The summed E-state index contributed by atoms with van der Waals surface area (Å²) in [6, 6.07) is 0. The normalized spacial score (nSPS) is 9.23. The van der Waals surface area contributed by atoms with Crippen LogP contribution in [0.15, 0.2) is 18.6 Å². The highest BCUT2D eigenvalue weighted by molar-refractivity contribution is 6.34. The molecule has 0 bridgehead atoms. The van der Waals surface area contributed by atoms with Crippen molar-refractivity contribution in [3.8, 4) is 0 Å². The van der Waals surface area contributed by atoms with Gasteiger partial charge in [0.2, 0.25) is 0 Å². The maximum atomic E-state index is 10.7. The third kappa shape index (κ3) is 2.86. The molecule has 0 spiro atoms. The highest BCUT2D eigenvalue weighted by Crippen LogP contribution is 1.87. The lowest BCUT2D eigenvalue weighted by Gasteiger charge is -1.99. The first-order chi connectivity index (χ1) is 6.20. The van der Waals surface area contributed by atoms with Crippen molar-refractivity contribution in [2.45, 2.75) is 6.54 Å². The molecule has 6 nitrogen and oxygen atoms in total. The number of nitrogens with zero attached hydrogens (tertiary/aromatic N) is 2. The molecule has 2 amide bonds. The fraction of sp³-hybridized carbons (Fsp3) is 0.143. The van der Waals surface area contributed by atoms with E-state index in [2.05, 4.69) is 15.3 Å². The van der Waals surface area contributed by atoms with Crippen molar-refractivity contribution in [1.29, 1.82) is 0 Å². The Labute approximate surface area is 74.2 Å². The second-order valence-electron chi connectivity index (χ2n) is 2.24. The number of hydrogen-bond donors (Lipinski definition) is 2. The van der Waals surface area contributed by atoms with E-state index >= 15 is 0 Å². The lowest BCUT2D eigenvalue weighted by molar-refractivity contribution is -0.137. The predicted octanol–water partition coefficient (Wildman–Crippen LogP) is -1.42. The number of nitrogens with two attached hydrogens (primary N) is 1. The van der Waals surface area contributed by atoms with Crippen LogP contribution in [0.5, 0.6) is 0 Å². The minimum atomic E-state index is -1.01. The lowest BCUT2D eigenvalue weighted by atomic mass is 10.4. The molecule has 0 aliphatic carbocycles. The fourth-order valence-corrected chi connectivity index (χ4v) is 0.679. The Morgan fingerprint density at radius 1 is 1.46 bits per heavy atom. The van der Waals surface area contributed by atoms with E-state index < -0.39 is 11.8 Å². The Bertz CT molecular complexity index is 312. The molecule has 0 atom stereocenters. The van der Waals surface area contributed by atoms with E-state index in [4.69, 9.17) is 5.73 Å². The van der Waals surface area contributed by atoms with Gasteiger partial charge in [0.15, 0.2) is 0 Å². The van der Waals surface area contributed by atoms with Gasteiger partial charge in [-0.1, -0.05) is 0 Å². The smallest absolute Gasteiger partial charge is 0.309 e. The highest BCUT2D eigenvalue weighted by atomic mass is 16.2. The van der Waals surface area contributed by atoms with Crippen LogP contribution in [-0.4, -0.2) is 21.8 Å². The van der Waals surface area contributed by atoms with Gasteiger partial charge in [0.1, 0.15) is 0 Å². The molecule has 1 rings (SSSR count). The molecule has 0 aromatic carbocycles. The zero-order valence-electron chi connectivity index (χ0n) is 6.73. The molecule has 13 heavy (non-hydrogen) atoms. The van der Waals surface area contributed by atoms with Gasteiger partial charge in [0.25, 0.3) is 0 Å². The lowest BCUT2D eigenvalue weighted by Crippen LogP contribution is -2.35.